The van der Waals surface area contributed by atoms with Gasteiger partial charge >= 0.3 is 0 Å². The smallest absolute Gasteiger partial charge is 0.0932 e. The Hall–Kier alpha value is -1.34. The molecule has 2 aromatic carbocycles. The lowest BCUT2D eigenvalue weighted by Crippen LogP contribution is -2.07. The molecule has 0 spiro atoms. The number of hydrogen-bond donors (Lipinski definition) is 1. The van der Waals surface area contributed by atoms with Crippen LogP contribution in [0.2, 0.25) is 0 Å². The van der Waals surface area contributed by atoms with E-state index in [9.17, 15) is 5.11 Å². The first kappa shape index (κ1) is 8.93. The topological polar surface area (TPSA) is 20.2 Å². The molecular weight excluding hydrogens is 184 g/mol. The van der Waals surface area contributed by atoms with Gasteiger partial charge in [0.25, 0.3) is 0 Å². The van der Waals surface area contributed by atoms with E-state index < -0.39 is 5.60 Å². The molecule has 76 valence electrons. The van der Waals surface area contributed by atoms with Gasteiger partial charge in [0.15, 0.2) is 0 Å². The third kappa shape index (κ3) is 1.20. The summed E-state index contributed by atoms with van der Waals surface area (Å²) >= 11 is 0. The Bertz CT molecular complexity index is 512. The highest BCUT2D eigenvalue weighted by molar-refractivity contribution is 5.86. The summed E-state index contributed by atoms with van der Waals surface area (Å²) in [5.74, 6) is 0.392. The summed E-state index contributed by atoms with van der Waals surface area (Å²) in [6, 6.07) is 14.4. The monoisotopic (exact) mass is 198 g/mol. The van der Waals surface area contributed by atoms with Crippen molar-refractivity contribution in [2.24, 2.45) is 5.92 Å². The fourth-order valence-electron chi connectivity index (χ4n) is 2.39. The van der Waals surface area contributed by atoms with Gasteiger partial charge in [-0.1, -0.05) is 49.4 Å². The molecule has 1 aliphatic carbocycles. The first-order valence-electron chi connectivity index (χ1n) is 5.42. The third-order valence-electron chi connectivity index (χ3n) is 3.53. The van der Waals surface area contributed by atoms with E-state index in [1.54, 1.807) is 0 Å². The van der Waals surface area contributed by atoms with Gasteiger partial charge in [0.1, 0.15) is 0 Å². The maximum atomic E-state index is 10.4. The molecule has 2 atom stereocenters. The minimum Gasteiger partial charge on any atom is -0.385 e. The van der Waals surface area contributed by atoms with E-state index in [1.807, 2.05) is 24.3 Å². The van der Waals surface area contributed by atoms with Crippen molar-refractivity contribution in [3.8, 4) is 0 Å². The fourth-order valence-corrected chi connectivity index (χ4v) is 2.39. The number of hydrogen-bond acceptors (Lipinski definition) is 1. The van der Waals surface area contributed by atoms with Gasteiger partial charge in [-0.2, -0.15) is 0 Å². The minimum absolute atomic E-state index is 0.392. The Morgan fingerprint density at radius 3 is 2.53 bits per heavy atom. The molecule has 0 aliphatic heterocycles. The van der Waals surface area contributed by atoms with Crippen LogP contribution in [0.25, 0.3) is 10.8 Å². The third-order valence-corrected chi connectivity index (χ3v) is 3.53. The zero-order valence-corrected chi connectivity index (χ0v) is 8.77. The van der Waals surface area contributed by atoms with Crippen molar-refractivity contribution in [2.75, 3.05) is 0 Å². The minimum atomic E-state index is -0.569. The van der Waals surface area contributed by atoms with Crippen LogP contribution in [0.5, 0.6) is 0 Å². The van der Waals surface area contributed by atoms with Gasteiger partial charge in [0, 0.05) is 0 Å². The summed E-state index contributed by atoms with van der Waals surface area (Å²) in [6.07, 6.45) is 0.890. The molecule has 3 rings (SSSR count). The lowest BCUT2D eigenvalue weighted by Gasteiger charge is -2.12. The second kappa shape index (κ2) is 2.83. The normalized spacial score (nSPS) is 29.3. The molecule has 2 unspecified atom stereocenters. The summed E-state index contributed by atoms with van der Waals surface area (Å²) in [7, 11) is 0. The second-order valence-electron chi connectivity index (χ2n) is 4.56. The lowest BCUT2D eigenvalue weighted by molar-refractivity contribution is 0.136. The highest BCUT2D eigenvalue weighted by Crippen LogP contribution is 2.53. The molecule has 0 heterocycles. The molecule has 0 saturated heterocycles. The maximum Gasteiger partial charge on any atom is 0.0932 e. The molecular formula is C14H14O. The van der Waals surface area contributed by atoms with Gasteiger partial charge < -0.3 is 5.11 Å². The Balaban J connectivity index is 2.27. The summed E-state index contributed by atoms with van der Waals surface area (Å²) in [4.78, 5) is 0. The average molecular weight is 198 g/mol. The van der Waals surface area contributed by atoms with Crippen LogP contribution in [0.3, 0.4) is 0 Å². The molecule has 2 aromatic rings. The van der Waals surface area contributed by atoms with E-state index in [0.29, 0.717) is 5.92 Å². The molecule has 0 bridgehead atoms. The van der Waals surface area contributed by atoms with Gasteiger partial charge in [0.05, 0.1) is 5.60 Å². The molecule has 0 aromatic heterocycles. The first-order valence-corrected chi connectivity index (χ1v) is 5.42. The number of benzene rings is 2. The average Bonchev–Trinajstić information content (AvgIpc) is 2.87. The van der Waals surface area contributed by atoms with E-state index in [1.165, 1.54) is 10.8 Å². The zero-order chi connectivity index (χ0) is 10.5. The van der Waals surface area contributed by atoms with Crippen molar-refractivity contribution in [3.05, 3.63) is 48.0 Å². The molecule has 1 fully saturated rings. The van der Waals surface area contributed by atoms with Crippen LogP contribution in [-0.2, 0) is 5.60 Å². The quantitative estimate of drug-likeness (QED) is 0.746. The standard InChI is InChI=1S/C14H14O/c1-10-9-14(10,15)13-8-4-6-11-5-2-3-7-12(11)13/h2-8,10,15H,9H2,1H3. The molecule has 15 heavy (non-hydrogen) atoms. The molecule has 0 amide bonds. The number of fused-ring (bicyclic) bond motifs is 1. The van der Waals surface area contributed by atoms with Crippen LogP contribution in [-0.4, -0.2) is 5.11 Å². The zero-order valence-electron chi connectivity index (χ0n) is 8.77. The fraction of sp³-hybridized carbons (Fsp3) is 0.286. The van der Waals surface area contributed by atoms with Crippen molar-refractivity contribution in [1.82, 2.24) is 0 Å². The van der Waals surface area contributed by atoms with Gasteiger partial charge in [-0.15, -0.1) is 0 Å². The predicted octanol–water partition coefficient (Wildman–Crippen LogP) is 3.07. The van der Waals surface area contributed by atoms with Crippen LogP contribution in [0, 0.1) is 5.92 Å². The highest BCUT2D eigenvalue weighted by atomic mass is 16.3. The van der Waals surface area contributed by atoms with Crippen LogP contribution < -0.4 is 0 Å². The van der Waals surface area contributed by atoms with Crippen molar-refractivity contribution >= 4 is 10.8 Å². The summed E-state index contributed by atoms with van der Waals surface area (Å²) in [5.41, 5.74) is 0.522. The number of rotatable bonds is 1. The first-order chi connectivity index (χ1) is 7.22. The number of aliphatic hydroxyl groups is 1. The second-order valence-corrected chi connectivity index (χ2v) is 4.56. The molecule has 1 saturated carbocycles. The Kier molecular flexibility index (Phi) is 1.68. The van der Waals surface area contributed by atoms with Crippen LogP contribution >= 0.6 is 0 Å². The van der Waals surface area contributed by atoms with Crippen LogP contribution in [0.15, 0.2) is 42.5 Å². The van der Waals surface area contributed by atoms with Gasteiger partial charge in [-0.25, -0.2) is 0 Å². The predicted molar refractivity (Wildman–Crippen MR) is 61.6 cm³/mol. The Labute approximate surface area is 89.4 Å². The summed E-state index contributed by atoms with van der Waals surface area (Å²) in [6.45, 7) is 2.10. The van der Waals surface area contributed by atoms with Gasteiger partial charge in [-0.3, -0.25) is 0 Å². The van der Waals surface area contributed by atoms with E-state index >= 15 is 0 Å². The SMILES string of the molecule is CC1CC1(O)c1cccc2ccccc12. The van der Waals surface area contributed by atoms with E-state index in [-0.39, 0.29) is 0 Å². The molecule has 1 nitrogen and oxygen atoms in total. The molecule has 1 heteroatoms. The van der Waals surface area contributed by atoms with Crippen molar-refractivity contribution in [2.45, 2.75) is 18.9 Å². The van der Waals surface area contributed by atoms with Crippen molar-refractivity contribution in [1.29, 1.82) is 0 Å². The largest absolute Gasteiger partial charge is 0.385 e. The van der Waals surface area contributed by atoms with E-state index in [0.717, 1.165) is 12.0 Å². The maximum absolute atomic E-state index is 10.4. The van der Waals surface area contributed by atoms with Gasteiger partial charge in [0.2, 0.25) is 0 Å². The molecule has 1 aliphatic rings. The highest BCUT2D eigenvalue weighted by Gasteiger charge is 2.51. The van der Waals surface area contributed by atoms with Crippen molar-refractivity contribution < 1.29 is 5.11 Å². The Morgan fingerprint density at radius 2 is 1.80 bits per heavy atom. The summed E-state index contributed by atoms with van der Waals surface area (Å²) in [5, 5.41) is 12.8. The Morgan fingerprint density at radius 1 is 1.13 bits per heavy atom. The van der Waals surface area contributed by atoms with Crippen molar-refractivity contribution in [3.63, 3.8) is 0 Å². The van der Waals surface area contributed by atoms with E-state index in [4.69, 9.17) is 0 Å². The van der Waals surface area contributed by atoms with E-state index in [2.05, 4.69) is 25.1 Å². The summed E-state index contributed by atoms with van der Waals surface area (Å²) < 4.78 is 0. The lowest BCUT2D eigenvalue weighted by atomic mass is 9.98. The van der Waals surface area contributed by atoms with Crippen LogP contribution in [0.1, 0.15) is 18.9 Å². The molecule has 1 N–H and O–H groups in total. The van der Waals surface area contributed by atoms with Crippen LogP contribution in [0.4, 0.5) is 0 Å². The molecule has 0 radical (unpaired) electrons. The van der Waals surface area contributed by atoms with Gasteiger partial charge in [-0.05, 0) is 28.7 Å².